The number of ether oxygens (including phenoxy) is 1. The summed E-state index contributed by atoms with van der Waals surface area (Å²) in [5.41, 5.74) is 0. The maximum Gasteiger partial charge on any atom is 0.322 e. The van der Waals surface area contributed by atoms with Gasteiger partial charge < -0.3 is 9.64 Å². The maximum absolute atomic E-state index is 5.98. The van der Waals surface area contributed by atoms with Gasteiger partial charge in [0.1, 0.15) is 0 Å². The molecule has 1 aliphatic rings. The van der Waals surface area contributed by atoms with Gasteiger partial charge in [0, 0.05) is 13.1 Å². The van der Waals surface area contributed by atoms with Gasteiger partial charge in [-0.2, -0.15) is 15.0 Å². The third-order valence-electron chi connectivity index (χ3n) is 3.97. The Morgan fingerprint density at radius 3 is 2.57 bits per heavy atom. The van der Waals surface area contributed by atoms with Gasteiger partial charge in [-0.3, -0.25) is 0 Å². The van der Waals surface area contributed by atoms with Crippen molar-refractivity contribution in [2.75, 3.05) is 24.6 Å². The van der Waals surface area contributed by atoms with Crippen LogP contribution in [-0.4, -0.2) is 34.6 Å². The molecule has 2 atom stereocenters. The van der Waals surface area contributed by atoms with Crippen LogP contribution in [0.15, 0.2) is 12.2 Å². The molecule has 0 aromatic carbocycles. The predicted octanol–water partition coefficient (Wildman–Crippen LogP) is 3.35. The number of anilines is 1. The SMILES string of the molecule is CCN(CC)c1nc(Cl)nc(OCC2CC=CCC2C)n1. The molecular formula is C15H23ClN4O. The van der Waals surface area contributed by atoms with Gasteiger partial charge in [0.25, 0.3) is 0 Å². The predicted molar refractivity (Wildman–Crippen MR) is 84.9 cm³/mol. The molecule has 0 aliphatic heterocycles. The van der Waals surface area contributed by atoms with E-state index >= 15 is 0 Å². The summed E-state index contributed by atoms with van der Waals surface area (Å²) in [6, 6.07) is 0.318. The van der Waals surface area contributed by atoms with E-state index in [9.17, 15) is 0 Å². The van der Waals surface area contributed by atoms with Crippen molar-refractivity contribution in [2.24, 2.45) is 11.8 Å². The molecule has 21 heavy (non-hydrogen) atoms. The Morgan fingerprint density at radius 2 is 1.90 bits per heavy atom. The maximum atomic E-state index is 5.98. The first-order valence-electron chi connectivity index (χ1n) is 7.58. The Hall–Kier alpha value is -1.36. The fourth-order valence-corrected chi connectivity index (χ4v) is 2.60. The zero-order chi connectivity index (χ0) is 15.2. The fraction of sp³-hybridized carbons (Fsp3) is 0.667. The van der Waals surface area contributed by atoms with Crippen molar-refractivity contribution in [3.8, 4) is 6.01 Å². The van der Waals surface area contributed by atoms with Crippen molar-refractivity contribution >= 4 is 17.5 Å². The lowest BCUT2D eigenvalue weighted by molar-refractivity contribution is 0.186. The highest BCUT2D eigenvalue weighted by Gasteiger charge is 2.20. The normalized spacial score (nSPS) is 21.3. The van der Waals surface area contributed by atoms with E-state index in [2.05, 4.69) is 47.9 Å². The highest BCUT2D eigenvalue weighted by atomic mass is 35.5. The number of halogens is 1. The molecule has 116 valence electrons. The van der Waals surface area contributed by atoms with Gasteiger partial charge in [-0.1, -0.05) is 19.1 Å². The standard InChI is InChI=1S/C15H23ClN4O/c1-4-20(5-2)14-17-13(16)18-15(19-14)21-10-12-9-7-6-8-11(12)3/h6-7,11-12H,4-5,8-10H2,1-3H3. The van der Waals surface area contributed by atoms with Crippen molar-refractivity contribution < 1.29 is 4.74 Å². The van der Waals surface area contributed by atoms with Crippen LogP contribution < -0.4 is 9.64 Å². The van der Waals surface area contributed by atoms with E-state index < -0.39 is 0 Å². The fourth-order valence-electron chi connectivity index (χ4n) is 2.45. The summed E-state index contributed by atoms with van der Waals surface area (Å²) in [5, 5.41) is 0.179. The Kier molecular flexibility index (Phi) is 5.79. The molecule has 0 saturated heterocycles. The van der Waals surface area contributed by atoms with Crippen LogP contribution >= 0.6 is 11.6 Å². The topological polar surface area (TPSA) is 51.1 Å². The largest absolute Gasteiger partial charge is 0.463 e. The summed E-state index contributed by atoms with van der Waals surface area (Å²) in [6.45, 7) is 8.61. The first kappa shape index (κ1) is 16.0. The lowest BCUT2D eigenvalue weighted by atomic mass is 9.85. The van der Waals surface area contributed by atoms with Gasteiger partial charge in [-0.15, -0.1) is 0 Å². The van der Waals surface area contributed by atoms with Crippen molar-refractivity contribution in [3.63, 3.8) is 0 Å². The van der Waals surface area contributed by atoms with Crippen LogP contribution in [0.25, 0.3) is 0 Å². The molecule has 0 spiro atoms. The van der Waals surface area contributed by atoms with Gasteiger partial charge in [0.2, 0.25) is 11.2 Å². The number of hydrogen-bond acceptors (Lipinski definition) is 5. The van der Waals surface area contributed by atoms with E-state index in [-0.39, 0.29) is 5.28 Å². The monoisotopic (exact) mass is 310 g/mol. The highest BCUT2D eigenvalue weighted by molar-refractivity contribution is 6.28. The van der Waals surface area contributed by atoms with Gasteiger partial charge >= 0.3 is 6.01 Å². The zero-order valence-electron chi connectivity index (χ0n) is 12.9. The second-order valence-electron chi connectivity index (χ2n) is 5.35. The van der Waals surface area contributed by atoms with Gasteiger partial charge in [-0.25, -0.2) is 0 Å². The average Bonchev–Trinajstić information content (AvgIpc) is 2.47. The van der Waals surface area contributed by atoms with Crippen LogP contribution in [0.1, 0.15) is 33.6 Å². The van der Waals surface area contributed by atoms with E-state index in [4.69, 9.17) is 16.3 Å². The van der Waals surface area contributed by atoms with Crippen LogP contribution in [0.4, 0.5) is 5.95 Å². The number of allylic oxidation sites excluding steroid dienone is 2. The lowest BCUT2D eigenvalue weighted by Crippen LogP contribution is -2.25. The number of nitrogens with zero attached hydrogens (tertiary/aromatic N) is 4. The van der Waals surface area contributed by atoms with E-state index in [0.717, 1.165) is 25.9 Å². The second kappa shape index (κ2) is 7.59. The third kappa shape index (κ3) is 4.30. The molecule has 0 saturated carbocycles. The molecule has 0 N–H and O–H groups in total. The van der Waals surface area contributed by atoms with Crippen LogP contribution in [0.3, 0.4) is 0 Å². The van der Waals surface area contributed by atoms with Gasteiger partial charge in [0.05, 0.1) is 6.61 Å². The summed E-state index contributed by atoms with van der Waals surface area (Å²) < 4.78 is 5.77. The molecule has 0 bridgehead atoms. The number of rotatable bonds is 6. The van der Waals surface area contributed by atoms with Crippen molar-refractivity contribution in [1.82, 2.24) is 15.0 Å². The minimum atomic E-state index is 0.179. The van der Waals surface area contributed by atoms with E-state index in [0.29, 0.717) is 30.4 Å². The first-order chi connectivity index (χ1) is 10.1. The number of hydrogen-bond donors (Lipinski definition) is 0. The van der Waals surface area contributed by atoms with E-state index in [1.165, 1.54) is 0 Å². The number of aromatic nitrogens is 3. The van der Waals surface area contributed by atoms with Crippen LogP contribution in [-0.2, 0) is 0 Å². The summed E-state index contributed by atoms with van der Waals surface area (Å²) in [4.78, 5) is 14.6. The second-order valence-corrected chi connectivity index (χ2v) is 5.69. The molecule has 0 radical (unpaired) electrons. The minimum absolute atomic E-state index is 0.179. The van der Waals surface area contributed by atoms with E-state index in [1.807, 2.05) is 4.90 Å². The minimum Gasteiger partial charge on any atom is -0.463 e. The zero-order valence-corrected chi connectivity index (χ0v) is 13.7. The average molecular weight is 311 g/mol. The molecule has 1 aliphatic carbocycles. The quantitative estimate of drug-likeness (QED) is 0.754. The molecule has 2 unspecified atom stereocenters. The molecule has 1 aromatic rings. The summed E-state index contributed by atoms with van der Waals surface area (Å²) >= 11 is 5.98. The highest BCUT2D eigenvalue weighted by Crippen LogP contribution is 2.25. The Bertz CT molecular complexity index is 491. The molecular weight excluding hydrogens is 288 g/mol. The Morgan fingerprint density at radius 1 is 1.19 bits per heavy atom. The molecule has 0 fully saturated rings. The van der Waals surface area contributed by atoms with Gasteiger partial charge in [0.15, 0.2) is 0 Å². The smallest absolute Gasteiger partial charge is 0.322 e. The van der Waals surface area contributed by atoms with Crippen LogP contribution in [0.2, 0.25) is 5.28 Å². The first-order valence-corrected chi connectivity index (χ1v) is 7.96. The van der Waals surface area contributed by atoms with Crippen molar-refractivity contribution in [2.45, 2.75) is 33.6 Å². The molecule has 1 heterocycles. The third-order valence-corrected chi connectivity index (χ3v) is 4.14. The van der Waals surface area contributed by atoms with Crippen molar-refractivity contribution in [1.29, 1.82) is 0 Å². The summed E-state index contributed by atoms with van der Waals surface area (Å²) in [6.07, 6.45) is 6.61. The molecule has 5 nitrogen and oxygen atoms in total. The Labute approximate surface area is 131 Å². The van der Waals surface area contributed by atoms with E-state index in [1.54, 1.807) is 0 Å². The Balaban J connectivity index is 2.04. The lowest BCUT2D eigenvalue weighted by Gasteiger charge is -2.25. The summed E-state index contributed by atoms with van der Waals surface area (Å²) in [7, 11) is 0. The van der Waals surface area contributed by atoms with Crippen LogP contribution in [0, 0.1) is 11.8 Å². The molecule has 0 amide bonds. The summed E-state index contributed by atoms with van der Waals surface area (Å²) in [5.74, 6) is 1.70. The molecule has 6 heteroatoms. The molecule has 2 rings (SSSR count). The van der Waals surface area contributed by atoms with Gasteiger partial charge in [-0.05, 0) is 50.1 Å². The van der Waals surface area contributed by atoms with Crippen molar-refractivity contribution in [3.05, 3.63) is 17.4 Å². The molecule has 1 aromatic heterocycles. The van der Waals surface area contributed by atoms with Crippen LogP contribution in [0.5, 0.6) is 6.01 Å².